The first-order valence-electron chi connectivity index (χ1n) is 5.88. The number of fused-ring (bicyclic) bond motifs is 5. The van der Waals surface area contributed by atoms with E-state index in [1.54, 1.807) is 5.57 Å². The lowest BCUT2D eigenvalue weighted by Crippen LogP contribution is -1.91. The summed E-state index contributed by atoms with van der Waals surface area (Å²) < 4.78 is 0. The molecule has 0 nitrogen and oxygen atoms in total. The van der Waals surface area contributed by atoms with Crippen molar-refractivity contribution in [1.82, 2.24) is 0 Å². The van der Waals surface area contributed by atoms with E-state index in [-0.39, 0.29) is 0 Å². The number of rotatable bonds is 1. The second-order valence-electron chi connectivity index (χ2n) is 5.05. The van der Waals surface area contributed by atoms with Gasteiger partial charge in [0.15, 0.2) is 0 Å². The summed E-state index contributed by atoms with van der Waals surface area (Å²) in [7, 11) is 0. The van der Waals surface area contributed by atoms with Crippen LogP contribution in [0.25, 0.3) is 6.08 Å². The fourth-order valence-corrected chi connectivity index (χ4v) is 3.58. The lowest BCUT2D eigenvalue weighted by Gasteiger charge is -2.01. The summed E-state index contributed by atoms with van der Waals surface area (Å²) in [5.41, 5.74) is 3.09. The molecule has 1 aromatic carbocycles. The van der Waals surface area contributed by atoms with E-state index < -0.39 is 0 Å². The van der Waals surface area contributed by atoms with Crippen LogP contribution >= 0.6 is 0 Å². The Kier molecular flexibility index (Phi) is 1.39. The van der Waals surface area contributed by atoms with Gasteiger partial charge in [-0.25, -0.2) is 0 Å². The molecule has 0 aromatic heterocycles. The van der Waals surface area contributed by atoms with E-state index in [9.17, 15) is 0 Å². The molecular formula is C15H14. The highest BCUT2D eigenvalue weighted by Gasteiger charge is 2.59. The van der Waals surface area contributed by atoms with Crippen molar-refractivity contribution < 1.29 is 0 Å². The third-order valence-corrected chi connectivity index (χ3v) is 4.25. The summed E-state index contributed by atoms with van der Waals surface area (Å²) in [5, 5.41) is 0. The molecule has 0 radical (unpaired) electrons. The van der Waals surface area contributed by atoms with E-state index in [4.69, 9.17) is 0 Å². The van der Waals surface area contributed by atoms with Crippen molar-refractivity contribution in [1.29, 1.82) is 0 Å². The minimum absolute atomic E-state index is 0.884. The monoisotopic (exact) mass is 194 g/mol. The maximum Gasteiger partial charge on any atom is -0.00620 e. The third-order valence-electron chi connectivity index (χ3n) is 4.25. The molecule has 15 heavy (non-hydrogen) atoms. The molecule has 0 heterocycles. The van der Waals surface area contributed by atoms with Crippen LogP contribution in [0.4, 0.5) is 0 Å². The Bertz CT molecular complexity index is 432. The topological polar surface area (TPSA) is 0 Å². The summed E-state index contributed by atoms with van der Waals surface area (Å²) in [4.78, 5) is 0. The van der Waals surface area contributed by atoms with Gasteiger partial charge < -0.3 is 0 Å². The third kappa shape index (κ3) is 1.02. The summed E-state index contributed by atoms with van der Waals surface area (Å²) in [6.07, 6.45) is 8.73. The van der Waals surface area contributed by atoms with E-state index in [2.05, 4.69) is 48.6 Å². The maximum atomic E-state index is 2.44. The summed E-state index contributed by atoms with van der Waals surface area (Å²) in [6.45, 7) is 0. The lowest BCUT2D eigenvalue weighted by molar-refractivity contribution is 0.617. The fraction of sp³-hybridized carbons (Fsp3) is 0.333. The number of hydrogen-bond acceptors (Lipinski definition) is 0. The standard InChI is InChI=1S/C15H14/c1-2-4-10(5-3-1)8-13-14-11-6-7-12(9-11)15(13)14/h1-8,11-12,14-15H,9H2/t11-,12+,14-,15+. The van der Waals surface area contributed by atoms with E-state index in [0.29, 0.717) is 0 Å². The second-order valence-corrected chi connectivity index (χ2v) is 5.05. The predicted molar refractivity (Wildman–Crippen MR) is 62.1 cm³/mol. The minimum Gasteiger partial charge on any atom is -0.0845 e. The molecule has 0 amide bonds. The fourth-order valence-electron chi connectivity index (χ4n) is 3.58. The Balaban J connectivity index is 1.66. The van der Waals surface area contributed by atoms with E-state index in [1.165, 1.54) is 12.0 Å². The molecule has 4 atom stereocenters. The van der Waals surface area contributed by atoms with Crippen LogP contribution in [-0.4, -0.2) is 0 Å². The molecule has 0 heteroatoms. The smallest absolute Gasteiger partial charge is 0.00620 e. The Morgan fingerprint density at radius 1 is 0.933 bits per heavy atom. The summed E-state index contributed by atoms with van der Waals surface area (Å²) >= 11 is 0. The van der Waals surface area contributed by atoms with Crippen LogP contribution in [0.1, 0.15) is 12.0 Å². The van der Waals surface area contributed by atoms with Gasteiger partial charge in [-0.2, -0.15) is 0 Å². The quantitative estimate of drug-likeness (QED) is 0.600. The predicted octanol–water partition coefficient (Wildman–Crippen LogP) is 3.52. The van der Waals surface area contributed by atoms with E-state index >= 15 is 0 Å². The van der Waals surface area contributed by atoms with Crippen LogP contribution in [-0.2, 0) is 0 Å². The van der Waals surface area contributed by atoms with Gasteiger partial charge in [0.2, 0.25) is 0 Å². The molecular weight excluding hydrogens is 180 g/mol. The van der Waals surface area contributed by atoms with Gasteiger partial charge in [0.1, 0.15) is 0 Å². The van der Waals surface area contributed by atoms with Gasteiger partial charge in [0.25, 0.3) is 0 Å². The van der Waals surface area contributed by atoms with Crippen molar-refractivity contribution in [3.8, 4) is 0 Å². The molecule has 4 rings (SSSR count). The number of hydrogen-bond donors (Lipinski definition) is 0. The molecule has 3 aliphatic carbocycles. The van der Waals surface area contributed by atoms with Crippen molar-refractivity contribution in [3.63, 3.8) is 0 Å². The zero-order chi connectivity index (χ0) is 9.83. The zero-order valence-electron chi connectivity index (χ0n) is 8.64. The molecule has 3 aliphatic rings. The minimum atomic E-state index is 0.884. The van der Waals surface area contributed by atoms with Gasteiger partial charge in [-0.05, 0) is 35.7 Å². The summed E-state index contributed by atoms with van der Waals surface area (Å²) in [5.74, 6) is 3.60. The van der Waals surface area contributed by atoms with Crippen molar-refractivity contribution in [2.45, 2.75) is 6.42 Å². The average molecular weight is 194 g/mol. The molecule has 1 aromatic rings. The van der Waals surface area contributed by atoms with Gasteiger partial charge in [-0.15, -0.1) is 0 Å². The SMILES string of the molecule is C1=C[C@H]2C[C@@H]1[C@@H]1C(=Cc3ccccc3)[C@@H]12. The Morgan fingerprint density at radius 3 is 2.27 bits per heavy atom. The maximum absolute atomic E-state index is 2.44. The van der Waals surface area contributed by atoms with Crippen LogP contribution in [0.15, 0.2) is 48.1 Å². The highest BCUT2D eigenvalue weighted by molar-refractivity contribution is 5.62. The zero-order valence-corrected chi connectivity index (χ0v) is 8.64. The summed E-state index contributed by atoms with van der Waals surface area (Å²) in [6, 6.07) is 10.7. The molecule has 74 valence electrons. The number of allylic oxidation sites excluding steroid dienone is 3. The average Bonchev–Trinajstić information content (AvgIpc) is 2.71. The lowest BCUT2D eigenvalue weighted by atomic mass is 10.0. The molecule has 0 aliphatic heterocycles. The molecule has 0 N–H and O–H groups in total. The first-order chi connectivity index (χ1) is 7.43. The van der Waals surface area contributed by atoms with Crippen molar-refractivity contribution in [2.24, 2.45) is 23.7 Å². The van der Waals surface area contributed by atoms with Crippen molar-refractivity contribution >= 4 is 6.08 Å². The first kappa shape index (κ1) is 7.92. The normalized spacial score (nSPS) is 42.3. The Morgan fingerprint density at radius 2 is 1.60 bits per heavy atom. The van der Waals surface area contributed by atoms with Gasteiger partial charge in [-0.3, -0.25) is 0 Å². The molecule has 2 fully saturated rings. The highest BCUT2D eigenvalue weighted by atomic mass is 14.6. The number of benzene rings is 1. The van der Waals surface area contributed by atoms with Crippen molar-refractivity contribution in [3.05, 3.63) is 53.6 Å². The molecule has 0 unspecified atom stereocenters. The Hall–Kier alpha value is -1.30. The highest BCUT2D eigenvalue weighted by Crippen LogP contribution is 2.66. The van der Waals surface area contributed by atoms with Crippen LogP contribution in [0.5, 0.6) is 0 Å². The largest absolute Gasteiger partial charge is 0.0845 e. The van der Waals surface area contributed by atoms with E-state index in [1.807, 2.05) is 0 Å². The van der Waals surface area contributed by atoms with Gasteiger partial charge in [-0.1, -0.05) is 54.1 Å². The molecule has 0 spiro atoms. The molecule has 2 bridgehead atoms. The van der Waals surface area contributed by atoms with Crippen molar-refractivity contribution in [2.75, 3.05) is 0 Å². The van der Waals surface area contributed by atoms with Gasteiger partial charge >= 0.3 is 0 Å². The Labute approximate surface area is 90.3 Å². The molecule has 0 saturated heterocycles. The second kappa shape index (κ2) is 2.63. The van der Waals surface area contributed by atoms with Crippen LogP contribution in [0, 0.1) is 23.7 Å². The first-order valence-corrected chi connectivity index (χ1v) is 5.88. The van der Waals surface area contributed by atoms with E-state index in [0.717, 1.165) is 23.7 Å². The van der Waals surface area contributed by atoms with Crippen LogP contribution in [0.3, 0.4) is 0 Å². The van der Waals surface area contributed by atoms with Gasteiger partial charge in [0, 0.05) is 0 Å². The van der Waals surface area contributed by atoms with Crippen LogP contribution in [0.2, 0.25) is 0 Å². The molecule has 2 saturated carbocycles. The van der Waals surface area contributed by atoms with Gasteiger partial charge in [0.05, 0.1) is 0 Å². The van der Waals surface area contributed by atoms with Crippen LogP contribution < -0.4 is 0 Å².